The van der Waals surface area contributed by atoms with Gasteiger partial charge in [0.25, 0.3) is 5.91 Å². The van der Waals surface area contributed by atoms with Crippen molar-refractivity contribution >= 4 is 40.3 Å². The first-order valence-electron chi connectivity index (χ1n) is 7.58. The molecule has 24 heavy (non-hydrogen) atoms. The minimum Gasteiger partial charge on any atom is -0.312 e. The molecule has 1 aromatic rings. The van der Waals surface area contributed by atoms with Crippen LogP contribution in [0.25, 0.3) is 0 Å². The minimum absolute atomic E-state index is 0.245. The Hall–Kier alpha value is -2.35. The lowest BCUT2D eigenvalue weighted by atomic mass is 10.0. The first kappa shape index (κ1) is 16.5. The van der Waals surface area contributed by atoms with Crippen LogP contribution in [0.1, 0.15) is 31.9 Å². The Balaban J connectivity index is 2.17. The number of carbonyl (C=O) groups excluding carboxylic acids is 3. The van der Waals surface area contributed by atoms with Gasteiger partial charge < -0.3 is 10.2 Å². The van der Waals surface area contributed by atoms with E-state index < -0.39 is 4.87 Å². The molecule has 1 aromatic carbocycles. The molecule has 0 fully saturated rings. The van der Waals surface area contributed by atoms with Crippen LogP contribution in [-0.2, 0) is 25.7 Å². The number of nitrogens with one attached hydrogen (secondary N) is 1. The fraction of sp³-hybridized carbons (Fsp3) is 0.375. The van der Waals surface area contributed by atoms with Crippen LogP contribution >= 0.6 is 11.8 Å². The molecule has 0 bridgehead atoms. The summed E-state index contributed by atoms with van der Waals surface area (Å²) >= 11 is 1.09. The Bertz CT molecular complexity index is 792. The largest absolute Gasteiger partial charge is 0.312 e. The second-order valence-electron chi connectivity index (χ2n) is 5.73. The van der Waals surface area contributed by atoms with Crippen molar-refractivity contribution < 1.29 is 14.4 Å². The van der Waals surface area contributed by atoms with Crippen molar-refractivity contribution in [2.24, 2.45) is 5.10 Å². The fourth-order valence-electron chi connectivity index (χ4n) is 2.98. The number of nitrogens with zero attached hydrogens (tertiary/aromatic N) is 3. The molecule has 1 atom stereocenters. The van der Waals surface area contributed by atoms with Crippen LogP contribution in [0, 0.1) is 0 Å². The van der Waals surface area contributed by atoms with E-state index in [4.69, 9.17) is 0 Å². The standard InChI is InChI=1S/C16H18N4O3S/c1-5-11-6-7-13-12(8-11)16(14(23)19(13)4)20(10(3)22)18-15(24-16)17-9(2)21/h6-8H,5H2,1-4H3,(H,17,18,21)/t16-/m0/s1. The van der Waals surface area contributed by atoms with Crippen molar-refractivity contribution in [3.63, 3.8) is 0 Å². The first-order valence-corrected chi connectivity index (χ1v) is 8.40. The number of anilines is 1. The number of likely N-dealkylation sites (N-methyl/N-ethyl adjacent to an activating group) is 1. The van der Waals surface area contributed by atoms with Gasteiger partial charge in [0.1, 0.15) is 0 Å². The van der Waals surface area contributed by atoms with E-state index in [2.05, 4.69) is 10.4 Å². The van der Waals surface area contributed by atoms with Gasteiger partial charge in [-0.15, -0.1) is 5.10 Å². The highest BCUT2D eigenvalue weighted by Gasteiger charge is 2.60. The number of benzene rings is 1. The van der Waals surface area contributed by atoms with Gasteiger partial charge in [0.2, 0.25) is 16.7 Å². The molecule has 2 aliphatic heterocycles. The number of hydrogen-bond acceptors (Lipinski definition) is 5. The van der Waals surface area contributed by atoms with E-state index in [-0.39, 0.29) is 22.9 Å². The van der Waals surface area contributed by atoms with Gasteiger partial charge in [0, 0.05) is 26.5 Å². The van der Waals surface area contributed by atoms with Crippen LogP contribution < -0.4 is 10.2 Å². The molecule has 1 N–H and O–H groups in total. The van der Waals surface area contributed by atoms with E-state index in [0.29, 0.717) is 0 Å². The molecule has 0 saturated carbocycles. The molecule has 3 amide bonds. The molecule has 7 nitrogen and oxygen atoms in total. The highest BCUT2D eigenvalue weighted by Crippen LogP contribution is 2.54. The van der Waals surface area contributed by atoms with Gasteiger partial charge >= 0.3 is 0 Å². The van der Waals surface area contributed by atoms with E-state index in [9.17, 15) is 14.4 Å². The summed E-state index contributed by atoms with van der Waals surface area (Å²) in [7, 11) is 1.68. The lowest BCUT2D eigenvalue weighted by Crippen LogP contribution is -2.47. The number of amides is 3. The van der Waals surface area contributed by atoms with Crippen molar-refractivity contribution in [3.8, 4) is 0 Å². The molecular formula is C16H18N4O3S. The van der Waals surface area contributed by atoms with Crippen molar-refractivity contribution in [2.45, 2.75) is 32.1 Å². The smallest absolute Gasteiger partial charge is 0.270 e. The summed E-state index contributed by atoms with van der Waals surface area (Å²) in [5.74, 6) is -0.919. The maximum atomic E-state index is 13.1. The molecule has 8 heteroatoms. The Labute approximate surface area is 144 Å². The average molecular weight is 346 g/mol. The summed E-state index contributed by atoms with van der Waals surface area (Å²) in [6, 6.07) is 5.79. The van der Waals surface area contributed by atoms with Crippen molar-refractivity contribution in [2.75, 3.05) is 11.9 Å². The lowest BCUT2D eigenvalue weighted by Gasteiger charge is -2.29. The Morgan fingerprint density at radius 1 is 1.33 bits per heavy atom. The zero-order valence-electron chi connectivity index (χ0n) is 13.9. The quantitative estimate of drug-likeness (QED) is 0.833. The summed E-state index contributed by atoms with van der Waals surface area (Å²) in [6.07, 6.45) is 0.811. The van der Waals surface area contributed by atoms with Crippen LogP contribution in [-0.4, -0.2) is 34.9 Å². The average Bonchev–Trinajstić information content (AvgIpc) is 3.00. The van der Waals surface area contributed by atoms with Gasteiger partial charge in [-0.05, 0) is 35.9 Å². The van der Waals surface area contributed by atoms with Crippen LogP contribution in [0.3, 0.4) is 0 Å². The number of hydrazone groups is 1. The number of fused-ring (bicyclic) bond motifs is 2. The third-order valence-corrected chi connectivity index (χ3v) is 5.34. The summed E-state index contributed by atoms with van der Waals surface area (Å²) in [4.78, 5) is 36.8. The van der Waals surface area contributed by atoms with Gasteiger partial charge in [-0.25, -0.2) is 0 Å². The zero-order valence-corrected chi connectivity index (χ0v) is 14.7. The van der Waals surface area contributed by atoms with Gasteiger partial charge in [0.05, 0.1) is 5.69 Å². The number of hydrogen-bond donors (Lipinski definition) is 1. The molecule has 0 unspecified atom stereocenters. The van der Waals surface area contributed by atoms with Gasteiger partial charge in [-0.3, -0.25) is 14.4 Å². The van der Waals surface area contributed by atoms with Crippen molar-refractivity contribution in [1.29, 1.82) is 0 Å². The minimum atomic E-state index is -1.29. The second-order valence-corrected chi connectivity index (χ2v) is 6.91. The highest BCUT2D eigenvalue weighted by molar-refractivity contribution is 8.15. The number of aryl methyl sites for hydroxylation is 1. The Morgan fingerprint density at radius 3 is 2.62 bits per heavy atom. The maximum absolute atomic E-state index is 13.1. The molecule has 126 valence electrons. The van der Waals surface area contributed by atoms with Crippen molar-refractivity contribution in [1.82, 2.24) is 10.3 Å². The molecule has 2 heterocycles. The predicted molar refractivity (Wildman–Crippen MR) is 92.3 cm³/mol. The van der Waals surface area contributed by atoms with Crippen molar-refractivity contribution in [3.05, 3.63) is 29.3 Å². The Kier molecular flexibility index (Phi) is 3.87. The normalized spacial score (nSPS) is 22.0. The van der Waals surface area contributed by atoms with Gasteiger partial charge in [0.15, 0.2) is 5.17 Å². The topological polar surface area (TPSA) is 82.1 Å². The zero-order chi connectivity index (χ0) is 17.6. The summed E-state index contributed by atoms with van der Waals surface area (Å²) in [5.41, 5.74) is 2.53. The molecule has 0 aliphatic carbocycles. The van der Waals surface area contributed by atoms with Gasteiger partial charge in [-0.1, -0.05) is 13.0 Å². The SMILES string of the molecule is CCc1ccc2c(c1)[C@]1(SC(NC(C)=O)=NN1C(C)=O)C(=O)N2C. The Morgan fingerprint density at radius 2 is 2.04 bits per heavy atom. The summed E-state index contributed by atoms with van der Waals surface area (Å²) in [5, 5.41) is 8.19. The summed E-state index contributed by atoms with van der Waals surface area (Å²) < 4.78 is 0. The molecule has 0 saturated heterocycles. The van der Waals surface area contributed by atoms with Crippen LogP contribution in [0.5, 0.6) is 0 Å². The lowest BCUT2D eigenvalue weighted by molar-refractivity contribution is -0.139. The van der Waals surface area contributed by atoms with E-state index in [0.717, 1.165) is 35.0 Å². The fourth-order valence-corrected chi connectivity index (χ4v) is 4.33. The predicted octanol–water partition coefficient (Wildman–Crippen LogP) is 1.38. The van der Waals surface area contributed by atoms with Crippen LogP contribution in [0.2, 0.25) is 0 Å². The van der Waals surface area contributed by atoms with Crippen LogP contribution in [0.15, 0.2) is 23.3 Å². The number of carbonyl (C=O) groups is 3. The number of amidine groups is 1. The maximum Gasteiger partial charge on any atom is 0.270 e. The third-order valence-electron chi connectivity index (χ3n) is 4.10. The molecule has 1 spiro atoms. The third kappa shape index (κ3) is 2.21. The van der Waals surface area contributed by atoms with E-state index in [1.807, 2.05) is 25.1 Å². The molecular weight excluding hydrogens is 328 g/mol. The monoisotopic (exact) mass is 346 g/mol. The molecule has 2 aliphatic rings. The highest BCUT2D eigenvalue weighted by atomic mass is 32.2. The second kappa shape index (κ2) is 5.62. The first-order chi connectivity index (χ1) is 11.3. The molecule has 3 rings (SSSR count). The van der Waals surface area contributed by atoms with E-state index in [1.165, 1.54) is 23.8 Å². The summed E-state index contributed by atoms with van der Waals surface area (Å²) in [6.45, 7) is 4.74. The van der Waals surface area contributed by atoms with E-state index >= 15 is 0 Å². The number of rotatable bonds is 1. The molecule has 0 aromatic heterocycles. The molecule has 0 radical (unpaired) electrons. The van der Waals surface area contributed by atoms with E-state index in [1.54, 1.807) is 7.05 Å². The van der Waals surface area contributed by atoms with Crippen LogP contribution in [0.4, 0.5) is 5.69 Å². The number of thioether (sulfide) groups is 1. The van der Waals surface area contributed by atoms with Gasteiger partial charge in [-0.2, -0.15) is 5.01 Å².